The first-order chi connectivity index (χ1) is 10.1. The van der Waals surface area contributed by atoms with E-state index in [0.29, 0.717) is 23.5 Å². The van der Waals surface area contributed by atoms with Crippen LogP contribution in [0.15, 0.2) is 42.5 Å². The van der Waals surface area contributed by atoms with Gasteiger partial charge in [-0.25, -0.2) is 4.79 Å². The van der Waals surface area contributed by atoms with Crippen molar-refractivity contribution in [1.82, 2.24) is 0 Å². The third kappa shape index (κ3) is 3.66. The number of carbonyl (C=O) groups is 1. The summed E-state index contributed by atoms with van der Waals surface area (Å²) in [4.78, 5) is 11.7. The number of rotatable bonds is 5. The molecule has 2 aromatic carbocycles. The Bertz CT molecular complexity index is 624. The van der Waals surface area contributed by atoms with Crippen molar-refractivity contribution >= 4 is 17.3 Å². The largest absolute Gasteiger partial charge is 0.497 e. The maximum absolute atomic E-state index is 11.7. The van der Waals surface area contributed by atoms with E-state index < -0.39 is 5.97 Å². The number of benzene rings is 2. The van der Waals surface area contributed by atoms with Gasteiger partial charge in [-0.2, -0.15) is 0 Å². The van der Waals surface area contributed by atoms with Crippen molar-refractivity contribution in [1.29, 1.82) is 0 Å². The lowest BCUT2D eigenvalue weighted by atomic mass is 10.1. The van der Waals surface area contributed by atoms with Crippen LogP contribution >= 0.6 is 0 Å². The molecule has 0 aromatic heterocycles. The van der Waals surface area contributed by atoms with E-state index in [9.17, 15) is 4.79 Å². The average Bonchev–Trinajstić information content (AvgIpc) is 2.53. The zero-order valence-electron chi connectivity index (χ0n) is 12.1. The highest BCUT2D eigenvalue weighted by atomic mass is 16.5. The van der Waals surface area contributed by atoms with Crippen LogP contribution in [-0.2, 0) is 11.3 Å². The number of methoxy groups -OCH3 is 2. The molecule has 0 bridgehead atoms. The normalized spacial score (nSPS) is 10.0. The van der Waals surface area contributed by atoms with Crippen LogP contribution in [0.1, 0.15) is 15.9 Å². The Morgan fingerprint density at radius 2 is 1.86 bits per heavy atom. The van der Waals surface area contributed by atoms with Gasteiger partial charge in [0.2, 0.25) is 0 Å². The molecule has 2 rings (SSSR count). The zero-order valence-corrected chi connectivity index (χ0v) is 12.1. The number of esters is 1. The summed E-state index contributed by atoms with van der Waals surface area (Å²) in [5.74, 6) is 0.390. The maximum Gasteiger partial charge on any atom is 0.340 e. The van der Waals surface area contributed by atoms with Gasteiger partial charge in [0.05, 0.1) is 19.8 Å². The monoisotopic (exact) mass is 286 g/mol. The predicted octanol–water partition coefficient (Wildman–Crippen LogP) is 2.68. The summed E-state index contributed by atoms with van der Waals surface area (Å²) in [5, 5.41) is 3.21. The molecule has 0 amide bonds. The molecule has 5 heteroatoms. The molecule has 0 fully saturated rings. The highest BCUT2D eigenvalue weighted by molar-refractivity contribution is 5.96. The van der Waals surface area contributed by atoms with Gasteiger partial charge in [0, 0.05) is 17.9 Å². The molecule has 21 heavy (non-hydrogen) atoms. The Morgan fingerprint density at radius 3 is 2.48 bits per heavy atom. The standard InChI is InChI=1S/C16H18N2O3/c1-20-13-6-3-11(4-7-13)10-18-15-8-5-12(17)9-14(15)16(19)21-2/h3-9,18H,10,17H2,1-2H3. The zero-order chi connectivity index (χ0) is 15.2. The second kappa shape index (κ2) is 6.65. The highest BCUT2D eigenvalue weighted by Crippen LogP contribution is 2.21. The summed E-state index contributed by atoms with van der Waals surface area (Å²) in [5.41, 5.74) is 8.41. The fraction of sp³-hybridized carbons (Fsp3) is 0.188. The third-order valence-electron chi connectivity index (χ3n) is 3.09. The number of ether oxygens (including phenoxy) is 2. The number of hydrogen-bond acceptors (Lipinski definition) is 5. The van der Waals surface area contributed by atoms with Crippen LogP contribution < -0.4 is 15.8 Å². The molecular weight excluding hydrogens is 268 g/mol. The van der Waals surface area contributed by atoms with Crippen molar-refractivity contribution in [3.63, 3.8) is 0 Å². The lowest BCUT2D eigenvalue weighted by Gasteiger charge is -2.12. The fourth-order valence-electron chi connectivity index (χ4n) is 1.94. The van der Waals surface area contributed by atoms with Crippen LogP contribution in [0.2, 0.25) is 0 Å². The van der Waals surface area contributed by atoms with Crippen molar-refractivity contribution in [2.45, 2.75) is 6.54 Å². The van der Waals surface area contributed by atoms with Crippen LogP contribution in [0.4, 0.5) is 11.4 Å². The van der Waals surface area contributed by atoms with E-state index in [2.05, 4.69) is 5.32 Å². The minimum atomic E-state index is -0.417. The molecule has 0 spiro atoms. The Kier molecular flexibility index (Phi) is 4.66. The van der Waals surface area contributed by atoms with Gasteiger partial charge in [0.1, 0.15) is 5.75 Å². The van der Waals surface area contributed by atoms with Crippen molar-refractivity contribution in [3.8, 4) is 5.75 Å². The van der Waals surface area contributed by atoms with Crippen LogP contribution in [0.3, 0.4) is 0 Å². The van der Waals surface area contributed by atoms with Crippen molar-refractivity contribution in [2.24, 2.45) is 0 Å². The molecule has 110 valence electrons. The number of hydrogen-bond donors (Lipinski definition) is 2. The van der Waals surface area contributed by atoms with E-state index >= 15 is 0 Å². The Hall–Kier alpha value is -2.69. The van der Waals surface area contributed by atoms with Crippen molar-refractivity contribution in [3.05, 3.63) is 53.6 Å². The lowest BCUT2D eigenvalue weighted by molar-refractivity contribution is 0.0602. The third-order valence-corrected chi connectivity index (χ3v) is 3.09. The molecule has 0 saturated heterocycles. The van der Waals surface area contributed by atoms with E-state index in [0.717, 1.165) is 11.3 Å². The Balaban J connectivity index is 2.13. The summed E-state index contributed by atoms with van der Waals surface area (Å²) < 4.78 is 9.88. The van der Waals surface area contributed by atoms with Crippen LogP contribution in [0.5, 0.6) is 5.75 Å². The first-order valence-electron chi connectivity index (χ1n) is 6.48. The number of nitrogen functional groups attached to an aromatic ring is 1. The molecule has 0 heterocycles. The second-order valence-electron chi connectivity index (χ2n) is 4.50. The molecule has 0 saturated carbocycles. The van der Waals surface area contributed by atoms with Gasteiger partial charge in [-0.3, -0.25) is 0 Å². The van der Waals surface area contributed by atoms with Crippen molar-refractivity contribution in [2.75, 3.05) is 25.3 Å². The predicted molar refractivity (Wildman–Crippen MR) is 82.5 cm³/mol. The van der Waals surface area contributed by atoms with Gasteiger partial charge in [0.15, 0.2) is 0 Å². The van der Waals surface area contributed by atoms with Gasteiger partial charge in [-0.1, -0.05) is 12.1 Å². The smallest absolute Gasteiger partial charge is 0.340 e. The summed E-state index contributed by atoms with van der Waals surface area (Å²) in [7, 11) is 2.98. The fourth-order valence-corrected chi connectivity index (χ4v) is 1.94. The van der Waals surface area contributed by atoms with E-state index in [-0.39, 0.29) is 0 Å². The van der Waals surface area contributed by atoms with Crippen LogP contribution in [-0.4, -0.2) is 20.2 Å². The van der Waals surface area contributed by atoms with Gasteiger partial charge in [0.25, 0.3) is 0 Å². The van der Waals surface area contributed by atoms with Crippen LogP contribution in [0.25, 0.3) is 0 Å². The number of nitrogens with two attached hydrogens (primary N) is 1. The van der Waals surface area contributed by atoms with Gasteiger partial charge < -0.3 is 20.5 Å². The molecule has 0 aliphatic rings. The first-order valence-corrected chi connectivity index (χ1v) is 6.48. The highest BCUT2D eigenvalue weighted by Gasteiger charge is 2.12. The van der Waals surface area contributed by atoms with E-state index in [1.54, 1.807) is 25.3 Å². The minimum absolute atomic E-state index is 0.417. The maximum atomic E-state index is 11.7. The summed E-state index contributed by atoms with van der Waals surface area (Å²) >= 11 is 0. The lowest BCUT2D eigenvalue weighted by Crippen LogP contribution is -2.09. The van der Waals surface area contributed by atoms with Gasteiger partial charge in [-0.05, 0) is 35.9 Å². The molecule has 3 N–H and O–H groups in total. The molecule has 0 aliphatic heterocycles. The molecule has 0 unspecified atom stereocenters. The molecule has 0 aliphatic carbocycles. The molecular formula is C16H18N2O3. The van der Waals surface area contributed by atoms with Crippen molar-refractivity contribution < 1.29 is 14.3 Å². The molecule has 5 nitrogen and oxygen atoms in total. The Labute approximate surface area is 123 Å². The van der Waals surface area contributed by atoms with Crippen LogP contribution in [0, 0.1) is 0 Å². The topological polar surface area (TPSA) is 73.6 Å². The summed E-state index contributed by atoms with van der Waals surface area (Å²) in [6, 6.07) is 12.8. The molecule has 0 radical (unpaired) electrons. The van der Waals surface area contributed by atoms with Gasteiger partial charge in [-0.15, -0.1) is 0 Å². The Morgan fingerprint density at radius 1 is 1.14 bits per heavy atom. The van der Waals surface area contributed by atoms with E-state index in [4.69, 9.17) is 15.2 Å². The quantitative estimate of drug-likeness (QED) is 0.653. The first kappa shape index (κ1) is 14.7. The SMILES string of the molecule is COC(=O)c1cc(N)ccc1NCc1ccc(OC)cc1. The second-order valence-corrected chi connectivity index (χ2v) is 4.50. The van der Waals surface area contributed by atoms with E-state index in [1.807, 2.05) is 24.3 Å². The molecule has 0 atom stereocenters. The number of nitrogens with one attached hydrogen (secondary N) is 1. The number of carbonyl (C=O) groups excluding carboxylic acids is 1. The summed E-state index contributed by atoms with van der Waals surface area (Å²) in [6.07, 6.45) is 0. The molecule has 2 aromatic rings. The average molecular weight is 286 g/mol. The van der Waals surface area contributed by atoms with Gasteiger partial charge >= 0.3 is 5.97 Å². The summed E-state index contributed by atoms with van der Waals surface area (Å²) in [6.45, 7) is 0.581. The minimum Gasteiger partial charge on any atom is -0.497 e. The van der Waals surface area contributed by atoms with E-state index in [1.165, 1.54) is 7.11 Å². The number of anilines is 2.